The molecule has 0 saturated heterocycles. The molecule has 1 aromatic carbocycles. The molecule has 3 aromatic heterocycles. The van der Waals surface area contributed by atoms with Gasteiger partial charge in [0.25, 0.3) is 0 Å². The second kappa shape index (κ2) is 7.91. The Balaban J connectivity index is 1.64. The largest absolute Gasteiger partial charge is 0.491 e. The van der Waals surface area contributed by atoms with Gasteiger partial charge >= 0.3 is 0 Å². The number of anilines is 2. The van der Waals surface area contributed by atoms with Crippen molar-refractivity contribution in [2.45, 2.75) is 39.8 Å². The van der Waals surface area contributed by atoms with Crippen molar-refractivity contribution in [2.75, 3.05) is 5.32 Å². The number of aromatic nitrogens is 4. The molecule has 0 bridgehead atoms. The van der Waals surface area contributed by atoms with E-state index in [2.05, 4.69) is 39.9 Å². The average molecular weight is 387 g/mol. The van der Waals surface area contributed by atoms with Gasteiger partial charge in [-0.1, -0.05) is 0 Å². The molecule has 0 aliphatic heterocycles. The summed E-state index contributed by atoms with van der Waals surface area (Å²) in [6.07, 6.45) is 7.79. The summed E-state index contributed by atoms with van der Waals surface area (Å²) in [6.45, 7) is 8.35. The number of rotatable bonds is 6. The van der Waals surface area contributed by atoms with Crippen LogP contribution in [0.2, 0.25) is 0 Å². The second-order valence-corrected chi connectivity index (χ2v) is 7.52. The molecule has 0 atom stereocenters. The zero-order valence-corrected chi connectivity index (χ0v) is 17.1. The normalized spacial score (nSPS) is 11.4. The third-order valence-electron chi connectivity index (χ3n) is 4.61. The van der Waals surface area contributed by atoms with Crippen molar-refractivity contribution < 1.29 is 4.74 Å². The maximum absolute atomic E-state index is 5.69. The topological polar surface area (TPSA) is 64.9 Å². The van der Waals surface area contributed by atoms with Crippen molar-refractivity contribution in [3.8, 4) is 17.0 Å². The van der Waals surface area contributed by atoms with Crippen LogP contribution in [0.3, 0.4) is 0 Å². The summed E-state index contributed by atoms with van der Waals surface area (Å²) < 4.78 is 7.91. The Labute approximate surface area is 170 Å². The Hall–Kier alpha value is -3.41. The lowest BCUT2D eigenvalue weighted by Crippen LogP contribution is -2.05. The Kier molecular flexibility index (Phi) is 5.16. The number of hydrogen-bond acceptors (Lipinski definition) is 5. The van der Waals surface area contributed by atoms with Crippen LogP contribution in [0.1, 0.15) is 33.7 Å². The van der Waals surface area contributed by atoms with Gasteiger partial charge in [0.2, 0.25) is 5.95 Å². The summed E-state index contributed by atoms with van der Waals surface area (Å²) in [5.74, 6) is 1.40. The summed E-state index contributed by atoms with van der Waals surface area (Å²) in [5, 5.41) is 4.41. The van der Waals surface area contributed by atoms with Gasteiger partial charge in [-0.3, -0.25) is 4.98 Å². The minimum absolute atomic E-state index is 0.150. The SMILES string of the molecule is CC(C)Oc1ccc(Nc2nccc(-c3cn(C(C)C)c4cnccc34)n2)cc1. The minimum Gasteiger partial charge on any atom is -0.491 e. The van der Waals surface area contributed by atoms with E-state index < -0.39 is 0 Å². The van der Waals surface area contributed by atoms with Crippen LogP contribution in [-0.2, 0) is 0 Å². The highest BCUT2D eigenvalue weighted by Crippen LogP contribution is 2.31. The van der Waals surface area contributed by atoms with Crippen molar-refractivity contribution in [1.82, 2.24) is 19.5 Å². The zero-order valence-electron chi connectivity index (χ0n) is 17.1. The number of benzene rings is 1. The highest BCUT2D eigenvalue weighted by Gasteiger charge is 2.14. The van der Waals surface area contributed by atoms with Crippen LogP contribution in [0.4, 0.5) is 11.6 Å². The van der Waals surface area contributed by atoms with E-state index in [4.69, 9.17) is 9.72 Å². The molecule has 0 aliphatic carbocycles. The Morgan fingerprint density at radius 3 is 2.48 bits per heavy atom. The monoisotopic (exact) mass is 387 g/mol. The quantitative estimate of drug-likeness (QED) is 0.466. The first-order valence-electron chi connectivity index (χ1n) is 9.83. The Morgan fingerprint density at radius 1 is 0.966 bits per heavy atom. The predicted octanol–water partition coefficient (Wildman–Crippen LogP) is 5.61. The van der Waals surface area contributed by atoms with Gasteiger partial charge in [-0.2, -0.15) is 0 Å². The van der Waals surface area contributed by atoms with Crippen LogP contribution >= 0.6 is 0 Å². The molecule has 29 heavy (non-hydrogen) atoms. The molecule has 0 amide bonds. The van der Waals surface area contributed by atoms with E-state index in [1.165, 1.54) is 0 Å². The molecule has 0 radical (unpaired) electrons. The van der Waals surface area contributed by atoms with Gasteiger partial charge < -0.3 is 14.6 Å². The zero-order chi connectivity index (χ0) is 20.4. The lowest BCUT2D eigenvalue weighted by Gasteiger charge is -2.11. The molecule has 0 spiro atoms. The van der Waals surface area contributed by atoms with E-state index in [1.54, 1.807) is 6.20 Å². The van der Waals surface area contributed by atoms with Gasteiger partial charge in [0.15, 0.2) is 0 Å². The highest BCUT2D eigenvalue weighted by molar-refractivity contribution is 5.94. The molecule has 6 nitrogen and oxygen atoms in total. The Morgan fingerprint density at radius 2 is 1.76 bits per heavy atom. The van der Waals surface area contributed by atoms with Gasteiger partial charge in [-0.05, 0) is 64.1 Å². The van der Waals surface area contributed by atoms with E-state index in [1.807, 2.05) is 62.6 Å². The third kappa shape index (κ3) is 4.06. The van der Waals surface area contributed by atoms with Crippen LogP contribution in [0.15, 0.2) is 61.2 Å². The maximum Gasteiger partial charge on any atom is 0.227 e. The van der Waals surface area contributed by atoms with Gasteiger partial charge in [0, 0.05) is 41.3 Å². The molecule has 0 saturated carbocycles. The highest BCUT2D eigenvalue weighted by atomic mass is 16.5. The molecular formula is C23H25N5O. The lowest BCUT2D eigenvalue weighted by molar-refractivity contribution is 0.242. The van der Waals surface area contributed by atoms with E-state index in [0.717, 1.165) is 33.6 Å². The number of nitrogens with one attached hydrogen (secondary N) is 1. The first kappa shape index (κ1) is 18.9. The van der Waals surface area contributed by atoms with E-state index >= 15 is 0 Å². The van der Waals surface area contributed by atoms with Crippen LogP contribution < -0.4 is 10.1 Å². The first-order chi connectivity index (χ1) is 14.0. The molecule has 4 aromatic rings. The molecule has 0 aliphatic rings. The predicted molar refractivity (Wildman–Crippen MR) is 117 cm³/mol. The number of pyridine rings is 1. The average Bonchev–Trinajstić information content (AvgIpc) is 3.09. The van der Waals surface area contributed by atoms with Crippen molar-refractivity contribution in [2.24, 2.45) is 0 Å². The number of fused-ring (bicyclic) bond motifs is 1. The van der Waals surface area contributed by atoms with Crippen molar-refractivity contribution in [3.05, 3.63) is 61.2 Å². The van der Waals surface area contributed by atoms with Crippen molar-refractivity contribution in [3.63, 3.8) is 0 Å². The van der Waals surface area contributed by atoms with Gasteiger partial charge in [-0.25, -0.2) is 9.97 Å². The van der Waals surface area contributed by atoms with Gasteiger partial charge in [0.05, 0.1) is 23.5 Å². The van der Waals surface area contributed by atoms with Gasteiger partial charge in [0.1, 0.15) is 5.75 Å². The molecule has 3 heterocycles. The molecule has 0 fully saturated rings. The lowest BCUT2D eigenvalue weighted by atomic mass is 10.1. The fourth-order valence-electron chi connectivity index (χ4n) is 3.32. The summed E-state index contributed by atoms with van der Waals surface area (Å²) in [5.41, 5.74) is 3.96. The molecule has 0 unspecified atom stereocenters. The summed E-state index contributed by atoms with van der Waals surface area (Å²) in [7, 11) is 0. The number of ether oxygens (including phenoxy) is 1. The molecule has 4 rings (SSSR count). The molecule has 148 valence electrons. The van der Waals surface area contributed by atoms with Gasteiger partial charge in [-0.15, -0.1) is 0 Å². The third-order valence-corrected chi connectivity index (χ3v) is 4.61. The minimum atomic E-state index is 0.150. The molecule has 1 N–H and O–H groups in total. The summed E-state index contributed by atoms with van der Waals surface area (Å²) in [4.78, 5) is 13.4. The number of nitrogens with zero attached hydrogens (tertiary/aromatic N) is 4. The van der Waals surface area contributed by atoms with Crippen LogP contribution in [0, 0.1) is 0 Å². The van der Waals surface area contributed by atoms with Crippen LogP contribution in [0.5, 0.6) is 5.75 Å². The summed E-state index contributed by atoms with van der Waals surface area (Å²) in [6, 6.07) is 12.1. The fourth-order valence-corrected chi connectivity index (χ4v) is 3.32. The standard InChI is InChI=1S/C23H25N5O/c1-15(2)28-14-20(19-9-11-24-13-22(19)28)21-10-12-25-23(27-21)26-17-5-7-18(8-6-17)29-16(3)4/h5-16H,1-4H3,(H,25,26,27). The van der Waals surface area contributed by atoms with Crippen molar-refractivity contribution >= 4 is 22.5 Å². The van der Waals surface area contributed by atoms with Crippen LogP contribution in [0.25, 0.3) is 22.2 Å². The number of hydrogen-bond donors (Lipinski definition) is 1. The van der Waals surface area contributed by atoms with Crippen LogP contribution in [-0.4, -0.2) is 25.6 Å². The maximum atomic E-state index is 5.69. The Bertz CT molecular complexity index is 1120. The smallest absolute Gasteiger partial charge is 0.227 e. The summed E-state index contributed by atoms with van der Waals surface area (Å²) >= 11 is 0. The molecule has 6 heteroatoms. The molecular weight excluding hydrogens is 362 g/mol. The van der Waals surface area contributed by atoms with E-state index in [0.29, 0.717) is 12.0 Å². The fraction of sp³-hybridized carbons (Fsp3) is 0.261. The van der Waals surface area contributed by atoms with E-state index in [9.17, 15) is 0 Å². The van der Waals surface area contributed by atoms with Crippen molar-refractivity contribution in [1.29, 1.82) is 0 Å². The first-order valence-corrected chi connectivity index (χ1v) is 9.83. The second-order valence-electron chi connectivity index (χ2n) is 7.52. The van der Waals surface area contributed by atoms with E-state index in [-0.39, 0.29) is 6.10 Å².